The Labute approximate surface area is 257 Å². The minimum absolute atomic E-state index is 0.201. The lowest BCUT2D eigenvalue weighted by molar-refractivity contribution is -0.143. The third-order valence-electron chi connectivity index (χ3n) is 6.80. The van der Waals surface area contributed by atoms with Gasteiger partial charge in [0.15, 0.2) is 5.60 Å². The van der Waals surface area contributed by atoms with Crippen LogP contribution in [0.3, 0.4) is 0 Å². The van der Waals surface area contributed by atoms with Gasteiger partial charge in [-0.1, -0.05) is 28.7 Å². The van der Waals surface area contributed by atoms with Crippen LogP contribution in [-0.2, 0) is 24.7 Å². The number of halogens is 1. The van der Waals surface area contributed by atoms with E-state index in [2.05, 4.69) is 5.32 Å². The molecule has 218 valence electrons. The Morgan fingerprint density at radius 1 is 0.786 bits per heavy atom. The standard InChI is InChI=1S/C32H30INO8/c1-30(2,3)28(37)39-18-8-11-22-24(14-18)41-25-15-19(40-29(38)31(4,5)6)9-12-23(25)32(22)21-10-7-17(34-26(35)16-33)13-20(21)27(36)42-32/h7-15H,16H2,1-6H3,(H,34,35). The van der Waals surface area contributed by atoms with E-state index in [1.807, 2.05) is 22.6 Å². The maximum absolute atomic E-state index is 13.4. The van der Waals surface area contributed by atoms with Crippen molar-refractivity contribution < 1.29 is 38.1 Å². The highest BCUT2D eigenvalue weighted by Gasteiger charge is 2.54. The summed E-state index contributed by atoms with van der Waals surface area (Å²) in [5.74, 6) is -0.540. The molecule has 2 aliphatic heterocycles. The molecule has 0 saturated heterocycles. The predicted octanol–water partition coefficient (Wildman–Crippen LogP) is 6.53. The Hall–Kier alpha value is -3.93. The molecule has 0 bridgehead atoms. The summed E-state index contributed by atoms with van der Waals surface area (Å²) < 4.78 is 24.0. The number of carbonyl (C=O) groups is 4. The summed E-state index contributed by atoms with van der Waals surface area (Å²) in [6.07, 6.45) is 0. The fourth-order valence-electron chi connectivity index (χ4n) is 4.61. The smallest absolute Gasteiger partial charge is 0.340 e. The van der Waals surface area contributed by atoms with Gasteiger partial charge in [0.2, 0.25) is 5.91 Å². The second-order valence-corrected chi connectivity index (χ2v) is 13.0. The minimum atomic E-state index is -1.42. The zero-order valence-electron chi connectivity index (χ0n) is 24.0. The van der Waals surface area contributed by atoms with Crippen LogP contribution in [0.4, 0.5) is 5.69 Å². The number of hydrogen-bond acceptors (Lipinski definition) is 8. The second-order valence-electron chi connectivity index (χ2n) is 12.2. The van der Waals surface area contributed by atoms with Gasteiger partial charge in [0.1, 0.15) is 23.0 Å². The molecular weight excluding hydrogens is 653 g/mol. The van der Waals surface area contributed by atoms with Crippen LogP contribution in [0.15, 0.2) is 54.6 Å². The molecule has 0 atom stereocenters. The molecule has 10 heteroatoms. The van der Waals surface area contributed by atoms with Gasteiger partial charge in [-0.05, 0) is 77.9 Å². The van der Waals surface area contributed by atoms with Crippen LogP contribution in [0.2, 0.25) is 0 Å². The van der Waals surface area contributed by atoms with Crippen LogP contribution in [0, 0.1) is 10.8 Å². The summed E-state index contributed by atoms with van der Waals surface area (Å²) in [5, 5.41) is 2.77. The molecule has 2 aliphatic rings. The molecule has 1 spiro atoms. The van der Waals surface area contributed by atoms with E-state index in [9.17, 15) is 19.2 Å². The quantitative estimate of drug-likeness (QED) is 0.143. The van der Waals surface area contributed by atoms with Crippen molar-refractivity contribution in [3.05, 3.63) is 76.9 Å². The number of anilines is 1. The Balaban J connectivity index is 1.66. The minimum Gasteiger partial charge on any atom is -0.456 e. The van der Waals surface area contributed by atoms with Gasteiger partial charge in [0, 0.05) is 34.5 Å². The molecule has 42 heavy (non-hydrogen) atoms. The van der Waals surface area contributed by atoms with Crippen LogP contribution < -0.4 is 19.5 Å². The number of ether oxygens (including phenoxy) is 4. The molecule has 5 rings (SSSR count). The Bertz CT molecular complexity index is 1570. The largest absolute Gasteiger partial charge is 0.456 e. The van der Waals surface area contributed by atoms with Crippen LogP contribution in [-0.4, -0.2) is 28.2 Å². The predicted molar refractivity (Wildman–Crippen MR) is 162 cm³/mol. The van der Waals surface area contributed by atoms with Gasteiger partial charge < -0.3 is 24.3 Å². The number of benzene rings is 3. The summed E-state index contributed by atoms with van der Waals surface area (Å²) in [6, 6.07) is 14.8. The van der Waals surface area contributed by atoms with Crippen molar-refractivity contribution in [2.24, 2.45) is 10.8 Å². The monoisotopic (exact) mass is 683 g/mol. The lowest BCUT2D eigenvalue weighted by Crippen LogP contribution is -2.33. The summed E-state index contributed by atoms with van der Waals surface area (Å²) in [4.78, 5) is 50.6. The highest BCUT2D eigenvalue weighted by Crippen LogP contribution is 2.57. The van der Waals surface area contributed by atoms with Crippen molar-refractivity contribution in [1.82, 2.24) is 0 Å². The number of esters is 3. The normalized spacial score (nSPS) is 14.6. The van der Waals surface area contributed by atoms with Crippen LogP contribution >= 0.6 is 22.6 Å². The summed E-state index contributed by atoms with van der Waals surface area (Å²) in [7, 11) is 0. The lowest BCUT2D eigenvalue weighted by atomic mass is 9.77. The highest BCUT2D eigenvalue weighted by molar-refractivity contribution is 14.1. The zero-order valence-corrected chi connectivity index (χ0v) is 26.2. The van der Waals surface area contributed by atoms with Gasteiger partial charge in [-0.2, -0.15) is 0 Å². The maximum atomic E-state index is 13.4. The Morgan fingerprint density at radius 3 is 1.76 bits per heavy atom. The first kappa shape index (κ1) is 29.6. The van der Waals surface area contributed by atoms with Crippen LogP contribution in [0.5, 0.6) is 23.0 Å². The molecule has 0 fully saturated rings. The number of nitrogens with one attached hydrogen (secondary N) is 1. The first-order valence-corrected chi connectivity index (χ1v) is 14.8. The molecule has 3 aromatic rings. The Kier molecular flexibility index (Phi) is 7.33. The van der Waals surface area contributed by atoms with Crippen molar-refractivity contribution in [1.29, 1.82) is 0 Å². The Morgan fingerprint density at radius 2 is 1.29 bits per heavy atom. The molecule has 0 saturated carbocycles. The summed E-state index contributed by atoms with van der Waals surface area (Å²) >= 11 is 1.96. The second kappa shape index (κ2) is 10.4. The fraction of sp³-hybridized carbons (Fsp3) is 0.312. The average molecular weight is 683 g/mol. The number of amides is 1. The molecule has 0 aliphatic carbocycles. The number of rotatable bonds is 4. The van der Waals surface area contributed by atoms with E-state index < -0.39 is 34.3 Å². The molecule has 1 amide bonds. The van der Waals surface area contributed by atoms with Crippen molar-refractivity contribution >= 4 is 52.1 Å². The molecule has 3 aromatic carbocycles. The van der Waals surface area contributed by atoms with E-state index in [-0.39, 0.29) is 27.4 Å². The third kappa shape index (κ3) is 5.23. The summed E-state index contributed by atoms with van der Waals surface area (Å²) in [5.41, 5.74) is -0.564. The van der Waals surface area contributed by atoms with Gasteiger partial charge >= 0.3 is 17.9 Å². The molecule has 0 unspecified atom stereocenters. The molecule has 0 aromatic heterocycles. The number of fused-ring (bicyclic) bond motifs is 6. The maximum Gasteiger partial charge on any atom is 0.340 e. The van der Waals surface area contributed by atoms with E-state index >= 15 is 0 Å². The van der Waals surface area contributed by atoms with Crippen molar-refractivity contribution in [3.63, 3.8) is 0 Å². The van der Waals surface area contributed by atoms with E-state index in [1.165, 1.54) is 0 Å². The first-order valence-electron chi connectivity index (χ1n) is 13.3. The van der Waals surface area contributed by atoms with Crippen LogP contribution in [0.1, 0.15) is 68.6 Å². The molecule has 2 heterocycles. The number of hydrogen-bond donors (Lipinski definition) is 1. The van der Waals surface area contributed by atoms with Crippen molar-refractivity contribution in [2.75, 3.05) is 9.74 Å². The van der Waals surface area contributed by atoms with Gasteiger partial charge in [0.25, 0.3) is 0 Å². The van der Waals surface area contributed by atoms with E-state index in [0.29, 0.717) is 33.9 Å². The van der Waals surface area contributed by atoms with E-state index in [0.717, 1.165) is 0 Å². The topological polar surface area (TPSA) is 117 Å². The number of carbonyl (C=O) groups excluding carboxylic acids is 4. The van der Waals surface area contributed by atoms with Gasteiger partial charge in [-0.25, -0.2) is 4.79 Å². The van der Waals surface area contributed by atoms with Gasteiger partial charge in [-0.3, -0.25) is 14.4 Å². The zero-order chi connectivity index (χ0) is 30.6. The third-order valence-corrected chi connectivity index (χ3v) is 7.49. The molecule has 1 N–H and O–H groups in total. The fourth-order valence-corrected chi connectivity index (χ4v) is 4.80. The first-order chi connectivity index (χ1) is 19.6. The highest BCUT2D eigenvalue weighted by atomic mass is 127. The van der Waals surface area contributed by atoms with Crippen molar-refractivity contribution in [2.45, 2.75) is 47.1 Å². The molecule has 9 nitrogen and oxygen atoms in total. The van der Waals surface area contributed by atoms with E-state index in [4.69, 9.17) is 18.9 Å². The summed E-state index contributed by atoms with van der Waals surface area (Å²) in [6.45, 7) is 10.5. The van der Waals surface area contributed by atoms with Gasteiger partial charge in [0.05, 0.1) is 20.8 Å². The average Bonchev–Trinajstić information content (AvgIpc) is 3.19. The van der Waals surface area contributed by atoms with Gasteiger partial charge in [-0.15, -0.1) is 0 Å². The van der Waals surface area contributed by atoms with Crippen molar-refractivity contribution in [3.8, 4) is 23.0 Å². The SMILES string of the molecule is CC(C)(C)C(=O)Oc1ccc2c(c1)Oc1cc(OC(=O)C(C)(C)C)ccc1C21OC(=O)c2cc(NC(=O)CI)ccc21. The van der Waals surface area contributed by atoms with E-state index in [1.54, 1.807) is 96.1 Å². The molecular formula is C32H30INO8. The van der Waals surface area contributed by atoms with Crippen LogP contribution in [0.25, 0.3) is 0 Å². The number of alkyl halides is 1. The lowest BCUT2D eigenvalue weighted by Gasteiger charge is -2.36. The molecule has 0 radical (unpaired) electrons.